The normalized spacial score (nSPS) is 9.71. The van der Waals surface area contributed by atoms with Crippen LogP contribution in [0, 0.1) is 5.82 Å². The molecule has 0 atom stereocenters. The van der Waals surface area contributed by atoms with Crippen LogP contribution in [-0.2, 0) is 4.79 Å². The van der Waals surface area contributed by atoms with Gasteiger partial charge in [0.2, 0.25) is 6.08 Å². The van der Waals surface area contributed by atoms with Crippen LogP contribution in [0.15, 0.2) is 23.2 Å². The van der Waals surface area contributed by atoms with Gasteiger partial charge in [-0.05, 0) is 26.0 Å². The summed E-state index contributed by atoms with van der Waals surface area (Å²) in [5.74, 6) is -0.541. The minimum Gasteiger partial charge on any atom is -0.486 e. The number of hydrogen-bond acceptors (Lipinski definition) is 3. The Balaban J connectivity index is 3.14. The molecule has 0 saturated heterocycles. The van der Waals surface area contributed by atoms with Gasteiger partial charge >= 0.3 is 0 Å². The van der Waals surface area contributed by atoms with Crippen molar-refractivity contribution in [2.75, 3.05) is 0 Å². The standard InChI is InChI=1S/C10H10FNO2/c1-7(2)14-10-8(11)4-3-5-9(10)12-6-13/h3-5,7H,1-2H3. The maximum absolute atomic E-state index is 13.2. The number of aliphatic imine (C=N–C) groups is 1. The Hall–Kier alpha value is -1.67. The van der Waals surface area contributed by atoms with E-state index < -0.39 is 5.82 Å². The number of hydrogen-bond donors (Lipinski definition) is 0. The molecule has 0 fully saturated rings. The van der Waals surface area contributed by atoms with Crippen molar-refractivity contribution in [3.05, 3.63) is 24.0 Å². The highest BCUT2D eigenvalue weighted by atomic mass is 19.1. The SMILES string of the molecule is CC(C)Oc1c(F)cccc1N=C=O. The van der Waals surface area contributed by atoms with E-state index in [9.17, 15) is 9.18 Å². The van der Waals surface area contributed by atoms with Gasteiger partial charge < -0.3 is 4.74 Å². The van der Waals surface area contributed by atoms with Crippen LogP contribution < -0.4 is 4.74 Å². The van der Waals surface area contributed by atoms with Crippen molar-refractivity contribution in [1.29, 1.82) is 0 Å². The molecule has 0 aliphatic rings. The molecule has 0 aliphatic carbocycles. The predicted octanol–water partition coefficient (Wildman–Crippen LogP) is 2.58. The third kappa shape index (κ3) is 2.41. The first-order valence-electron chi connectivity index (χ1n) is 4.18. The molecular weight excluding hydrogens is 185 g/mol. The maximum atomic E-state index is 13.2. The van der Waals surface area contributed by atoms with E-state index in [0.717, 1.165) is 0 Å². The Labute approximate surface area is 81.2 Å². The smallest absolute Gasteiger partial charge is 0.240 e. The zero-order valence-electron chi connectivity index (χ0n) is 7.95. The van der Waals surface area contributed by atoms with Crippen LogP contribution in [0.5, 0.6) is 5.75 Å². The van der Waals surface area contributed by atoms with Crippen molar-refractivity contribution in [1.82, 2.24) is 0 Å². The van der Waals surface area contributed by atoms with Crippen LogP contribution in [0.1, 0.15) is 13.8 Å². The van der Waals surface area contributed by atoms with Gasteiger partial charge in [-0.25, -0.2) is 9.18 Å². The number of ether oxygens (including phenoxy) is 1. The summed E-state index contributed by atoms with van der Waals surface area (Å²) >= 11 is 0. The molecule has 0 saturated carbocycles. The van der Waals surface area contributed by atoms with Crippen LogP contribution in [0.4, 0.5) is 10.1 Å². The van der Waals surface area contributed by atoms with Gasteiger partial charge in [0.05, 0.1) is 6.10 Å². The second-order valence-electron chi connectivity index (χ2n) is 2.96. The second-order valence-corrected chi connectivity index (χ2v) is 2.96. The molecule has 0 bridgehead atoms. The summed E-state index contributed by atoms with van der Waals surface area (Å²) in [6, 6.07) is 4.20. The lowest BCUT2D eigenvalue weighted by Crippen LogP contribution is -2.07. The molecule has 74 valence electrons. The lowest BCUT2D eigenvalue weighted by Gasteiger charge is -2.11. The van der Waals surface area contributed by atoms with E-state index in [-0.39, 0.29) is 17.5 Å². The molecule has 1 aromatic rings. The van der Waals surface area contributed by atoms with E-state index >= 15 is 0 Å². The van der Waals surface area contributed by atoms with Crippen LogP contribution >= 0.6 is 0 Å². The average molecular weight is 195 g/mol. The second kappa shape index (κ2) is 4.53. The lowest BCUT2D eigenvalue weighted by atomic mass is 10.3. The van der Waals surface area contributed by atoms with Crippen molar-refractivity contribution in [3.63, 3.8) is 0 Å². The summed E-state index contributed by atoms with van der Waals surface area (Å²) in [6.07, 6.45) is 1.18. The average Bonchev–Trinajstić information content (AvgIpc) is 2.11. The summed E-state index contributed by atoms with van der Waals surface area (Å²) < 4.78 is 18.4. The highest BCUT2D eigenvalue weighted by Crippen LogP contribution is 2.30. The summed E-state index contributed by atoms with van der Waals surface area (Å²) in [7, 11) is 0. The van der Waals surface area contributed by atoms with Gasteiger partial charge in [0.25, 0.3) is 0 Å². The molecule has 0 amide bonds. The number of nitrogens with zero attached hydrogens (tertiary/aromatic N) is 1. The maximum Gasteiger partial charge on any atom is 0.240 e. The first-order valence-corrected chi connectivity index (χ1v) is 4.18. The fraction of sp³-hybridized carbons (Fsp3) is 0.300. The number of halogens is 1. The quantitative estimate of drug-likeness (QED) is 0.549. The van der Waals surface area contributed by atoms with Crippen molar-refractivity contribution >= 4 is 11.8 Å². The van der Waals surface area contributed by atoms with E-state index in [1.54, 1.807) is 13.8 Å². The van der Waals surface area contributed by atoms with E-state index in [0.29, 0.717) is 0 Å². The molecular formula is C10H10FNO2. The molecule has 0 heterocycles. The van der Waals surface area contributed by atoms with Gasteiger partial charge in [0.1, 0.15) is 5.69 Å². The van der Waals surface area contributed by atoms with Crippen molar-refractivity contribution in [2.24, 2.45) is 4.99 Å². The molecule has 0 N–H and O–H groups in total. The number of rotatable bonds is 3. The molecule has 3 nitrogen and oxygen atoms in total. The van der Waals surface area contributed by atoms with E-state index in [4.69, 9.17) is 4.74 Å². The zero-order valence-corrected chi connectivity index (χ0v) is 7.95. The topological polar surface area (TPSA) is 38.7 Å². The molecule has 0 spiro atoms. The Morgan fingerprint density at radius 1 is 1.50 bits per heavy atom. The van der Waals surface area contributed by atoms with Gasteiger partial charge in [-0.3, -0.25) is 0 Å². The number of para-hydroxylation sites is 1. The van der Waals surface area contributed by atoms with Crippen LogP contribution in [0.3, 0.4) is 0 Å². The number of isocyanates is 1. The van der Waals surface area contributed by atoms with E-state index in [1.807, 2.05) is 0 Å². The molecule has 1 rings (SSSR count). The summed E-state index contributed by atoms with van der Waals surface area (Å²) in [5, 5.41) is 0. The monoisotopic (exact) mass is 195 g/mol. The first kappa shape index (κ1) is 10.4. The Kier molecular flexibility index (Phi) is 3.37. The highest BCUT2D eigenvalue weighted by molar-refractivity contribution is 5.58. The molecule has 0 unspecified atom stereocenters. The van der Waals surface area contributed by atoms with Crippen LogP contribution in [0.2, 0.25) is 0 Å². The van der Waals surface area contributed by atoms with Gasteiger partial charge in [0.15, 0.2) is 11.6 Å². The zero-order chi connectivity index (χ0) is 10.6. The highest BCUT2D eigenvalue weighted by Gasteiger charge is 2.10. The number of carbonyl (C=O) groups excluding carboxylic acids is 1. The van der Waals surface area contributed by atoms with Crippen molar-refractivity contribution in [2.45, 2.75) is 20.0 Å². The van der Waals surface area contributed by atoms with Crippen molar-refractivity contribution < 1.29 is 13.9 Å². The molecule has 0 aromatic heterocycles. The molecule has 4 heteroatoms. The van der Waals surface area contributed by atoms with Crippen molar-refractivity contribution in [3.8, 4) is 5.75 Å². The summed E-state index contributed by atoms with van der Waals surface area (Å²) in [6.45, 7) is 3.53. The lowest BCUT2D eigenvalue weighted by molar-refractivity contribution is 0.232. The van der Waals surface area contributed by atoms with E-state index in [2.05, 4.69) is 4.99 Å². The predicted molar refractivity (Wildman–Crippen MR) is 49.9 cm³/mol. The third-order valence-corrected chi connectivity index (χ3v) is 1.47. The van der Waals surface area contributed by atoms with Gasteiger partial charge in [-0.15, -0.1) is 0 Å². The largest absolute Gasteiger partial charge is 0.486 e. The third-order valence-electron chi connectivity index (χ3n) is 1.47. The molecule has 1 aromatic carbocycles. The number of benzene rings is 1. The Morgan fingerprint density at radius 2 is 2.21 bits per heavy atom. The molecule has 0 radical (unpaired) electrons. The fourth-order valence-corrected chi connectivity index (χ4v) is 0.987. The Bertz CT molecular complexity index is 370. The first-order chi connectivity index (χ1) is 6.65. The summed E-state index contributed by atoms with van der Waals surface area (Å²) in [5.41, 5.74) is 0.161. The van der Waals surface area contributed by atoms with Gasteiger partial charge in [0, 0.05) is 0 Å². The van der Waals surface area contributed by atoms with Gasteiger partial charge in [-0.2, -0.15) is 4.99 Å². The van der Waals surface area contributed by atoms with E-state index in [1.165, 1.54) is 24.3 Å². The minimum atomic E-state index is -0.532. The fourth-order valence-electron chi connectivity index (χ4n) is 0.987. The Morgan fingerprint density at radius 3 is 2.79 bits per heavy atom. The van der Waals surface area contributed by atoms with Crippen LogP contribution in [0.25, 0.3) is 0 Å². The molecule has 14 heavy (non-hydrogen) atoms. The summed E-state index contributed by atoms with van der Waals surface area (Å²) in [4.78, 5) is 13.4. The molecule has 0 aliphatic heterocycles. The minimum absolute atomic E-state index is 0.00847. The van der Waals surface area contributed by atoms with Crippen LogP contribution in [-0.4, -0.2) is 12.2 Å². The van der Waals surface area contributed by atoms with Gasteiger partial charge in [-0.1, -0.05) is 6.07 Å².